The van der Waals surface area contributed by atoms with Crippen LogP contribution in [0.5, 0.6) is 0 Å². The molecule has 0 radical (unpaired) electrons. The third-order valence-corrected chi connectivity index (χ3v) is 1.76. The molecule has 0 aliphatic carbocycles. The molecule has 1 aromatic carbocycles. The van der Waals surface area contributed by atoms with E-state index in [2.05, 4.69) is 0 Å². The molecule has 68 valence electrons. The van der Waals surface area contributed by atoms with E-state index in [1.165, 1.54) is 12.1 Å². The van der Waals surface area contributed by atoms with Crippen molar-refractivity contribution in [3.63, 3.8) is 0 Å². The van der Waals surface area contributed by atoms with Crippen LogP contribution in [0.2, 0.25) is 0 Å². The minimum absolute atomic E-state index is 0. The van der Waals surface area contributed by atoms with Gasteiger partial charge >= 0.3 is 0 Å². The molecule has 0 unspecified atom stereocenters. The first-order valence-electron chi connectivity index (χ1n) is 3.37. The lowest BCUT2D eigenvalue weighted by Gasteiger charge is -2.17. The number of carbonyl (C=O) groups excluding carboxylic acids is 2. The second-order valence-electron chi connectivity index (χ2n) is 2.45. The van der Waals surface area contributed by atoms with E-state index < -0.39 is 11.8 Å². The van der Waals surface area contributed by atoms with Crippen molar-refractivity contribution in [1.29, 1.82) is 0 Å². The number of nitrogens with zero attached hydrogens (tertiary/aromatic N) is 1. The van der Waals surface area contributed by atoms with Gasteiger partial charge in [0.05, 0.1) is 11.1 Å². The van der Waals surface area contributed by atoms with Gasteiger partial charge in [-0.2, -0.15) is 0 Å². The zero-order chi connectivity index (χ0) is 8.72. The zero-order valence-electron chi connectivity index (χ0n) is 6.56. The summed E-state index contributed by atoms with van der Waals surface area (Å²) in [6.07, 6.45) is 0. The van der Waals surface area contributed by atoms with Gasteiger partial charge in [0, 0.05) is 0 Å². The normalized spacial score (nSPS) is 14.1. The fourth-order valence-corrected chi connectivity index (χ4v) is 1.17. The van der Waals surface area contributed by atoms with Crippen LogP contribution < -0.4 is 0 Å². The number of rotatable bonds is 0. The molecule has 1 aliphatic rings. The average Bonchev–Trinajstić information content (AvgIpc) is 2.33. The number of amides is 2. The highest BCUT2D eigenvalue weighted by Crippen LogP contribution is 2.20. The van der Waals surface area contributed by atoms with E-state index in [9.17, 15) is 14.8 Å². The number of fused-ring (bicyclic) bond motifs is 1. The maximum atomic E-state index is 11.0. The Labute approximate surface area is 73.5 Å². The average molecular weight is 181 g/mol. The van der Waals surface area contributed by atoms with E-state index in [-0.39, 0.29) is 21.7 Å². The van der Waals surface area contributed by atoms with E-state index in [1.807, 2.05) is 0 Å². The molecule has 5 nitrogen and oxygen atoms in total. The quantitative estimate of drug-likeness (QED) is 0.411. The molecule has 2 amide bonds. The van der Waals surface area contributed by atoms with E-state index in [0.29, 0.717) is 0 Å². The monoisotopic (exact) mass is 181 g/mol. The van der Waals surface area contributed by atoms with Gasteiger partial charge in [-0.1, -0.05) is 12.1 Å². The standard InChI is InChI=1S/C8H4NO3.H2O/c10-7-5-3-1-2-4-6(5)8(11)9(7)12;/h1-4H;1H2/q-1;/p+1. The van der Waals surface area contributed by atoms with Crippen molar-refractivity contribution in [2.45, 2.75) is 0 Å². The lowest BCUT2D eigenvalue weighted by molar-refractivity contribution is 0.0721. The molecule has 0 spiro atoms. The molecule has 1 heterocycles. The Bertz CT molecular complexity index is 339. The van der Waals surface area contributed by atoms with Crippen molar-refractivity contribution in [1.82, 2.24) is 5.06 Å². The van der Waals surface area contributed by atoms with Crippen molar-refractivity contribution in [2.75, 3.05) is 0 Å². The van der Waals surface area contributed by atoms with Crippen LogP contribution in [-0.2, 0) is 5.48 Å². The van der Waals surface area contributed by atoms with Gasteiger partial charge in [-0.25, -0.2) is 0 Å². The van der Waals surface area contributed by atoms with Crippen molar-refractivity contribution < 1.29 is 15.1 Å². The highest BCUT2D eigenvalue weighted by Gasteiger charge is 2.28. The molecular weight excluding hydrogens is 174 g/mol. The van der Waals surface area contributed by atoms with Crippen LogP contribution in [0.25, 0.3) is 0 Å². The van der Waals surface area contributed by atoms with Gasteiger partial charge in [-0.15, -0.1) is 0 Å². The second-order valence-corrected chi connectivity index (χ2v) is 2.45. The summed E-state index contributed by atoms with van der Waals surface area (Å²) in [7, 11) is 0. The zero-order valence-corrected chi connectivity index (χ0v) is 6.56. The third kappa shape index (κ3) is 1.10. The topological polar surface area (TPSA) is 93.4 Å². The highest BCUT2D eigenvalue weighted by molar-refractivity contribution is 6.21. The molecule has 0 fully saturated rings. The molecule has 13 heavy (non-hydrogen) atoms. The van der Waals surface area contributed by atoms with Gasteiger partial charge in [-0.05, 0) is 12.1 Å². The first-order valence-corrected chi connectivity index (χ1v) is 3.37. The van der Waals surface area contributed by atoms with Crippen molar-refractivity contribution in [3.8, 4) is 0 Å². The van der Waals surface area contributed by atoms with E-state index in [0.717, 1.165) is 0 Å². The second kappa shape index (κ2) is 2.96. The summed E-state index contributed by atoms with van der Waals surface area (Å²) in [6.45, 7) is 0. The molecule has 0 atom stereocenters. The first-order chi connectivity index (χ1) is 5.72. The Morgan fingerprint density at radius 2 is 1.38 bits per heavy atom. The third-order valence-electron chi connectivity index (χ3n) is 1.76. The maximum Gasteiger partial charge on any atom is 0.250 e. The lowest BCUT2D eigenvalue weighted by atomic mass is 10.1. The van der Waals surface area contributed by atoms with Gasteiger partial charge in [0.2, 0.25) is 0 Å². The van der Waals surface area contributed by atoms with Crippen LogP contribution in [0.1, 0.15) is 20.7 Å². The molecule has 0 saturated carbocycles. The number of hydrogen-bond donors (Lipinski definition) is 0. The Hall–Kier alpha value is -1.72. The minimum Gasteiger partial charge on any atom is -0.749 e. The number of benzene rings is 1. The number of carbonyl (C=O) groups is 2. The molecule has 0 saturated heterocycles. The van der Waals surface area contributed by atoms with E-state index in [1.54, 1.807) is 12.1 Å². The number of hydrogen-bond acceptors (Lipinski definition) is 3. The van der Waals surface area contributed by atoms with Gasteiger partial charge in [-0.3, -0.25) is 9.59 Å². The van der Waals surface area contributed by atoms with Crippen LogP contribution in [0.4, 0.5) is 0 Å². The summed E-state index contributed by atoms with van der Waals surface area (Å²) in [5.74, 6) is -1.54. The molecule has 3 N–H and O–H groups in total. The van der Waals surface area contributed by atoms with Crippen molar-refractivity contribution in [2.24, 2.45) is 0 Å². The molecule has 0 bridgehead atoms. The summed E-state index contributed by atoms with van der Waals surface area (Å²) in [4.78, 5) is 22.0. The van der Waals surface area contributed by atoms with Gasteiger partial charge in [0.15, 0.2) is 0 Å². The Morgan fingerprint density at radius 1 is 1.00 bits per heavy atom. The number of hydroxylamine groups is 2. The molecule has 5 heteroatoms. The molecule has 1 aliphatic heterocycles. The smallest absolute Gasteiger partial charge is 0.250 e. The van der Waals surface area contributed by atoms with Crippen LogP contribution in [0, 0.1) is 5.21 Å². The van der Waals surface area contributed by atoms with E-state index in [4.69, 9.17) is 0 Å². The Morgan fingerprint density at radius 3 is 1.77 bits per heavy atom. The largest absolute Gasteiger partial charge is 0.749 e. The SMILES string of the molecule is O=C1c2ccccc2C(=O)N1[O-].[OH3+]. The van der Waals surface area contributed by atoms with Crippen LogP contribution >= 0.6 is 0 Å². The minimum atomic E-state index is -0.768. The summed E-state index contributed by atoms with van der Waals surface area (Å²) < 4.78 is 0. The molecule has 0 aromatic heterocycles. The van der Waals surface area contributed by atoms with E-state index >= 15 is 0 Å². The summed E-state index contributed by atoms with van der Waals surface area (Å²) in [5, 5.41) is 10.7. The fraction of sp³-hybridized carbons (Fsp3) is 0. The van der Waals surface area contributed by atoms with Crippen molar-refractivity contribution in [3.05, 3.63) is 40.6 Å². The molecule has 1 aromatic rings. The van der Waals surface area contributed by atoms with Crippen LogP contribution in [-0.4, -0.2) is 16.9 Å². The summed E-state index contributed by atoms with van der Waals surface area (Å²) in [6, 6.07) is 6.16. The highest BCUT2D eigenvalue weighted by atomic mass is 16.5. The predicted octanol–water partition coefficient (Wildman–Crippen LogP) is -0.142. The molecular formula is C8H7NO4. The Kier molecular flexibility index (Phi) is 2.14. The van der Waals surface area contributed by atoms with Gasteiger partial charge in [0.25, 0.3) is 11.8 Å². The molecule has 2 rings (SSSR count). The summed E-state index contributed by atoms with van der Waals surface area (Å²) in [5.41, 5.74) is 0.384. The predicted molar refractivity (Wildman–Crippen MR) is 45.2 cm³/mol. The lowest BCUT2D eigenvalue weighted by Crippen LogP contribution is -2.22. The van der Waals surface area contributed by atoms with Crippen LogP contribution in [0.3, 0.4) is 0 Å². The van der Waals surface area contributed by atoms with Crippen molar-refractivity contribution >= 4 is 11.8 Å². The Balaban J connectivity index is 0.000000845. The summed E-state index contributed by atoms with van der Waals surface area (Å²) >= 11 is 0. The number of imide groups is 1. The maximum absolute atomic E-state index is 11.0. The van der Waals surface area contributed by atoms with Crippen LogP contribution in [0.15, 0.2) is 24.3 Å². The first kappa shape index (κ1) is 9.37. The van der Waals surface area contributed by atoms with Gasteiger partial charge < -0.3 is 15.7 Å². The van der Waals surface area contributed by atoms with Gasteiger partial charge in [0.1, 0.15) is 0 Å². The fourth-order valence-electron chi connectivity index (χ4n) is 1.17.